The van der Waals surface area contributed by atoms with Gasteiger partial charge in [0.1, 0.15) is 16.5 Å². The fourth-order valence-corrected chi connectivity index (χ4v) is 2.26. The Morgan fingerprint density at radius 1 is 1.60 bits per heavy atom. The number of nitrogens with zero attached hydrogens (tertiary/aromatic N) is 4. The van der Waals surface area contributed by atoms with E-state index in [0.29, 0.717) is 16.7 Å². The molecule has 15 heavy (non-hydrogen) atoms. The van der Waals surface area contributed by atoms with Crippen LogP contribution in [-0.4, -0.2) is 37.0 Å². The number of aromatic nitrogens is 4. The molecule has 2 rings (SSSR count). The first-order valence-corrected chi connectivity index (χ1v) is 5.70. The van der Waals surface area contributed by atoms with Gasteiger partial charge in [0.05, 0.1) is 6.61 Å². The number of aliphatic hydroxyl groups excluding tert-OH is 1. The summed E-state index contributed by atoms with van der Waals surface area (Å²) < 4.78 is 1.63. The number of fused-ring (bicyclic) bond motifs is 1. The average molecular weight is 245 g/mol. The van der Waals surface area contributed by atoms with E-state index in [0.717, 1.165) is 10.6 Å². The molecule has 0 aliphatic rings. The Bertz CT molecular complexity index is 487. The largest absolute Gasteiger partial charge is 0.396 e. The van der Waals surface area contributed by atoms with Gasteiger partial charge in [-0.3, -0.25) is 0 Å². The van der Waals surface area contributed by atoms with Gasteiger partial charge in [0, 0.05) is 11.3 Å². The molecule has 1 N–H and O–H groups in total. The minimum atomic E-state index is 0.111. The highest BCUT2D eigenvalue weighted by Gasteiger charge is 2.11. The summed E-state index contributed by atoms with van der Waals surface area (Å²) in [5.41, 5.74) is 0.855. The van der Waals surface area contributed by atoms with E-state index >= 15 is 0 Å². The summed E-state index contributed by atoms with van der Waals surface area (Å²) in [6.07, 6.45) is 1.43. The van der Waals surface area contributed by atoms with Crippen LogP contribution >= 0.6 is 23.4 Å². The fraction of sp³-hybridized carbons (Fsp3) is 0.375. The number of halogens is 1. The monoisotopic (exact) mass is 244 g/mol. The summed E-state index contributed by atoms with van der Waals surface area (Å²) in [7, 11) is 0. The number of hydrogen-bond donors (Lipinski definition) is 1. The predicted molar refractivity (Wildman–Crippen MR) is 58.3 cm³/mol. The molecule has 0 bridgehead atoms. The molecule has 0 saturated heterocycles. The molecule has 5 nitrogen and oxygen atoms in total. The van der Waals surface area contributed by atoms with E-state index in [9.17, 15) is 0 Å². The minimum Gasteiger partial charge on any atom is -0.396 e. The number of thioether (sulfide) groups is 1. The van der Waals surface area contributed by atoms with Crippen molar-refractivity contribution in [2.45, 2.75) is 11.9 Å². The summed E-state index contributed by atoms with van der Waals surface area (Å²) in [4.78, 5) is 8.05. The summed E-state index contributed by atoms with van der Waals surface area (Å²) >= 11 is 7.44. The Labute approximate surface area is 95.5 Å². The molecule has 0 radical (unpaired) electrons. The van der Waals surface area contributed by atoms with Crippen LogP contribution in [0, 0.1) is 6.92 Å². The van der Waals surface area contributed by atoms with Gasteiger partial charge < -0.3 is 5.11 Å². The molecule has 0 fully saturated rings. The second-order valence-corrected chi connectivity index (χ2v) is 4.32. The van der Waals surface area contributed by atoms with Crippen LogP contribution in [0.3, 0.4) is 0 Å². The molecule has 0 spiro atoms. The van der Waals surface area contributed by atoms with Crippen molar-refractivity contribution in [3.63, 3.8) is 0 Å². The average Bonchev–Trinajstić information content (AvgIpc) is 2.66. The van der Waals surface area contributed by atoms with E-state index in [1.165, 1.54) is 18.1 Å². The van der Waals surface area contributed by atoms with Gasteiger partial charge in [-0.15, -0.1) is 11.8 Å². The Balaban J connectivity index is 2.56. The van der Waals surface area contributed by atoms with Crippen molar-refractivity contribution in [3.05, 3.63) is 17.0 Å². The van der Waals surface area contributed by atoms with Crippen LogP contribution in [0.1, 0.15) is 5.56 Å². The maximum absolute atomic E-state index is 8.80. The zero-order valence-electron chi connectivity index (χ0n) is 8.01. The van der Waals surface area contributed by atoms with Gasteiger partial charge in [-0.2, -0.15) is 19.6 Å². The molecule has 2 heterocycles. The molecular weight excluding hydrogens is 236 g/mol. The van der Waals surface area contributed by atoms with Crippen LogP contribution in [0.5, 0.6) is 0 Å². The number of aliphatic hydroxyl groups is 1. The molecule has 0 saturated carbocycles. The SMILES string of the molecule is Cc1c(Cl)nc2ncnn2c1SCCO. The molecule has 2 aromatic heterocycles. The number of hydrogen-bond acceptors (Lipinski definition) is 5. The Hall–Kier alpha value is -0.850. The summed E-state index contributed by atoms with van der Waals surface area (Å²) in [6, 6.07) is 0. The van der Waals surface area contributed by atoms with Crippen LogP contribution in [0.2, 0.25) is 5.15 Å². The van der Waals surface area contributed by atoms with Gasteiger partial charge in [0.25, 0.3) is 5.78 Å². The molecule has 0 aliphatic carbocycles. The van der Waals surface area contributed by atoms with Crippen LogP contribution < -0.4 is 0 Å². The fourth-order valence-electron chi connectivity index (χ4n) is 1.19. The van der Waals surface area contributed by atoms with Gasteiger partial charge in [0.15, 0.2) is 0 Å². The smallest absolute Gasteiger partial charge is 0.254 e. The second-order valence-electron chi connectivity index (χ2n) is 2.88. The Morgan fingerprint density at radius 2 is 2.40 bits per heavy atom. The van der Waals surface area contributed by atoms with Gasteiger partial charge in [0.2, 0.25) is 0 Å². The molecule has 0 amide bonds. The van der Waals surface area contributed by atoms with Gasteiger partial charge in [-0.1, -0.05) is 11.6 Å². The molecule has 0 aliphatic heterocycles. The third-order valence-electron chi connectivity index (χ3n) is 1.88. The zero-order chi connectivity index (χ0) is 10.8. The van der Waals surface area contributed by atoms with E-state index in [-0.39, 0.29) is 6.61 Å². The predicted octanol–water partition coefficient (Wildman–Crippen LogP) is 1.17. The first kappa shape index (κ1) is 10.7. The normalized spacial score (nSPS) is 11.1. The third kappa shape index (κ3) is 1.92. The Kier molecular flexibility index (Phi) is 3.08. The lowest BCUT2D eigenvalue weighted by molar-refractivity contribution is 0.322. The topological polar surface area (TPSA) is 63.3 Å². The van der Waals surface area contributed by atoms with Crippen LogP contribution in [0.4, 0.5) is 0 Å². The van der Waals surface area contributed by atoms with Crippen molar-refractivity contribution < 1.29 is 5.11 Å². The second kappa shape index (κ2) is 4.34. The van der Waals surface area contributed by atoms with Crippen LogP contribution in [-0.2, 0) is 0 Å². The lowest BCUT2D eigenvalue weighted by Gasteiger charge is -2.07. The maximum Gasteiger partial charge on any atom is 0.254 e. The summed E-state index contributed by atoms with van der Waals surface area (Å²) in [5, 5.41) is 14.1. The van der Waals surface area contributed by atoms with Crippen molar-refractivity contribution >= 4 is 29.1 Å². The molecule has 2 aromatic rings. The Morgan fingerprint density at radius 3 is 3.13 bits per heavy atom. The van der Waals surface area contributed by atoms with Crippen molar-refractivity contribution in [3.8, 4) is 0 Å². The quantitative estimate of drug-likeness (QED) is 0.649. The first-order chi connectivity index (χ1) is 7.24. The lowest BCUT2D eigenvalue weighted by Crippen LogP contribution is -2.01. The molecule has 7 heteroatoms. The molecule has 80 valence electrons. The van der Waals surface area contributed by atoms with E-state index in [1.807, 2.05) is 6.92 Å². The molecule has 0 unspecified atom stereocenters. The molecular formula is C8H9ClN4OS. The van der Waals surface area contributed by atoms with E-state index in [2.05, 4.69) is 15.1 Å². The zero-order valence-corrected chi connectivity index (χ0v) is 9.59. The van der Waals surface area contributed by atoms with E-state index in [1.54, 1.807) is 4.52 Å². The van der Waals surface area contributed by atoms with Crippen LogP contribution in [0.15, 0.2) is 11.4 Å². The van der Waals surface area contributed by atoms with Crippen molar-refractivity contribution in [1.82, 2.24) is 19.6 Å². The minimum absolute atomic E-state index is 0.111. The van der Waals surface area contributed by atoms with E-state index in [4.69, 9.17) is 16.7 Å². The highest BCUT2D eigenvalue weighted by Crippen LogP contribution is 2.26. The van der Waals surface area contributed by atoms with Crippen LogP contribution in [0.25, 0.3) is 5.78 Å². The standard InChI is InChI=1S/C8H9ClN4OS/c1-5-6(9)12-8-10-4-11-13(8)7(5)15-3-2-14/h4,14H,2-3H2,1H3. The highest BCUT2D eigenvalue weighted by molar-refractivity contribution is 7.99. The summed E-state index contributed by atoms with van der Waals surface area (Å²) in [5.74, 6) is 1.07. The van der Waals surface area contributed by atoms with Crippen molar-refractivity contribution in [2.75, 3.05) is 12.4 Å². The van der Waals surface area contributed by atoms with E-state index < -0.39 is 0 Å². The molecule has 0 aromatic carbocycles. The lowest BCUT2D eigenvalue weighted by atomic mass is 10.4. The van der Waals surface area contributed by atoms with Gasteiger partial charge >= 0.3 is 0 Å². The number of rotatable bonds is 3. The summed E-state index contributed by atoms with van der Waals surface area (Å²) in [6.45, 7) is 1.98. The third-order valence-corrected chi connectivity index (χ3v) is 3.39. The van der Waals surface area contributed by atoms with Gasteiger partial charge in [-0.25, -0.2) is 0 Å². The van der Waals surface area contributed by atoms with Crippen molar-refractivity contribution in [1.29, 1.82) is 0 Å². The highest BCUT2D eigenvalue weighted by atomic mass is 35.5. The van der Waals surface area contributed by atoms with Crippen molar-refractivity contribution in [2.24, 2.45) is 0 Å². The molecule has 0 atom stereocenters. The first-order valence-electron chi connectivity index (χ1n) is 4.33. The maximum atomic E-state index is 8.80. The van der Waals surface area contributed by atoms with Gasteiger partial charge in [-0.05, 0) is 6.92 Å².